The Labute approximate surface area is 111 Å². The average Bonchev–Trinajstić information content (AvgIpc) is 2.54. The molecule has 1 heterocycles. The highest BCUT2D eigenvalue weighted by molar-refractivity contribution is 8.93. The molecule has 0 saturated carbocycles. The number of nitrogens with one attached hydrogen (secondary N) is 1. The van der Waals surface area contributed by atoms with Crippen LogP contribution in [0.25, 0.3) is 10.2 Å². The molecule has 0 unspecified atom stereocenters. The summed E-state index contributed by atoms with van der Waals surface area (Å²) >= 11 is 1.13. The van der Waals surface area contributed by atoms with E-state index in [0.29, 0.717) is 10.2 Å². The van der Waals surface area contributed by atoms with Crippen molar-refractivity contribution in [2.24, 2.45) is 0 Å². The van der Waals surface area contributed by atoms with Crippen LogP contribution in [0.4, 0.5) is 4.39 Å². The van der Waals surface area contributed by atoms with Crippen LogP contribution in [0.15, 0.2) is 18.2 Å². The van der Waals surface area contributed by atoms with Gasteiger partial charge in [-0.2, -0.15) is 0 Å². The Morgan fingerprint density at radius 2 is 2.29 bits per heavy atom. The second kappa shape index (κ2) is 5.42. The molecule has 7 heteroatoms. The van der Waals surface area contributed by atoms with Crippen molar-refractivity contribution in [3.05, 3.63) is 28.8 Å². The summed E-state index contributed by atoms with van der Waals surface area (Å²) in [6.07, 6.45) is 0. The lowest BCUT2D eigenvalue weighted by Crippen LogP contribution is -2.20. The SMILES string of the molecule is Br.COC(=O)Cn1c(=N)sc2cc(F)ccc21. The van der Waals surface area contributed by atoms with Crippen LogP contribution in [0.3, 0.4) is 0 Å². The Hall–Kier alpha value is -1.21. The van der Waals surface area contributed by atoms with Crippen LogP contribution in [0.2, 0.25) is 0 Å². The molecule has 0 bridgehead atoms. The number of fused-ring (bicyclic) bond motifs is 1. The summed E-state index contributed by atoms with van der Waals surface area (Å²) in [4.78, 5) is 11.3. The van der Waals surface area contributed by atoms with Crippen LogP contribution >= 0.6 is 28.3 Å². The van der Waals surface area contributed by atoms with Gasteiger partial charge in [0.2, 0.25) is 0 Å². The van der Waals surface area contributed by atoms with E-state index in [2.05, 4.69) is 4.74 Å². The van der Waals surface area contributed by atoms with Gasteiger partial charge in [-0.1, -0.05) is 11.3 Å². The predicted molar refractivity (Wildman–Crippen MR) is 68.0 cm³/mol. The molecule has 0 radical (unpaired) electrons. The molecular formula is C10H10BrFN2O2S. The quantitative estimate of drug-likeness (QED) is 0.861. The number of nitrogens with zero attached hydrogens (tertiary/aromatic N) is 1. The minimum atomic E-state index is -0.428. The highest BCUT2D eigenvalue weighted by atomic mass is 79.9. The van der Waals surface area contributed by atoms with E-state index in [-0.39, 0.29) is 34.1 Å². The molecule has 0 aliphatic heterocycles. The first-order valence-electron chi connectivity index (χ1n) is 4.52. The van der Waals surface area contributed by atoms with Gasteiger partial charge < -0.3 is 9.30 Å². The van der Waals surface area contributed by atoms with Gasteiger partial charge in [0.05, 0.1) is 17.3 Å². The van der Waals surface area contributed by atoms with Crippen molar-refractivity contribution in [3.8, 4) is 0 Å². The molecule has 2 rings (SSSR count). The van der Waals surface area contributed by atoms with E-state index in [0.717, 1.165) is 11.3 Å². The summed E-state index contributed by atoms with van der Waals surface area (Å²) in [7, 11) is 1.29. The van der Waals surface area contributed by atoms with Crippen molar-refractivity contribution in [3.63, 3.8) is 0 Å². The Kier molecular flexibility index (Phi) is 4.41. The summed E-state index contributed by atoms with van der Waals surface area (Å²) in [6.45, 7) is -0.0268. The molecule has 1 aromatic carbocycles. The maximum atomic E-state index is 13.0. The van der Waals surface area contributed by atoms with Gasteiger partial charge in [-0.05, 0) is 18.2 Å². The van der Waals surface area contributed by atoms with Crippen molar-refractivity contribution in [1.29, 1.82) is 5.41 Å². The number of rotatable bonds is 2. The van der Waals surface area contributed by atoms with Crippen LogP contribution in [-0.4, -0.2) is 17.6 Å². The molecule has 0 spiro atoms. The van der Waals surface area contributed by atoms with E-state index < -0.39 is 5.97 Å². The molecule has 0 aliphatic carbocycles. The fraction of sp³-hybridized carbons (Fsp3) is 0.200. The molecule has 17 heavy (non-hydrogen) atoms. The zero-order valence-corrected chi connectivity index (χ0v) is 11.4. The number of hydrogen-bond acceptors (Lipinski definition) is 4. The fourth-order valence-electron chi connectivity index (χ4n) is 1.41. The average molecular weight is 321 g/mol. The Bertz CT molecular complexity index is 608. The molecule has 0 fully saturated rings. The molecule has 1 aromatic heterocycles. The lowest BCUT2D eigenvalue weighted by atomic mass is 10.3. The molecule has 2 aromatic rings. The number of halogens is 2. The summed E-state index contributed by atoms with van der Waals surface area (Å²) in [5.41, 5.74) is 0.668. The zero-order chi connectivity index (χ0) is 11.7. The normalized spacial score (nSPS) is 10.0. The topological polar surface area (TPSA) is 55.1 Å². The zero-order valence-electron chi connectivity index (χ0n) is 8.90. The van der Waals surface area contributed by atoms with Gasteiger partial charge >= 0.3 is 5.97 Å². The summed E-state index contributed by atoms with van der Waals surface area (Å²) in [6, 6.07) is 4.22. The van der Waals surface area contributed by atoms with Gasteiger partial charge in [0, 0.05) is 0 Å². The second-order valence-corrected chi connectivity index (χ2v) is 4.21. The third-order valence-corrected chi connectivity index (χ3v) is 3.14. The standard InChI is InChI=1S/C10H9FN2O2S.BrH/c1-15-9(14)5-13-7-3-2-6(11)4-8(7)16-10(13)12;/h2-4,12H,5H2,1H3;1H. The van der Waals surface area contributed by atoms with E-state index in [1.807, 2.05) is 0 Å². The monoisotopic (exact) mass is 320 g/mol. The van der Waals surface area contributed by atoms with E-state index >= 15 is 0 Å². The number of benzene rings is 1. The second-order valence-electron chi connectivity index (χ2n) is 3.18. The number of carbonyl (C=O) groups is 1. The van der Waals surface area contributed by atoms with Crippen molar-refractivity contribution in [1.82, 2.24) is 4.57 Å². The molecule has 92 valence electrons. The number of esters is 1. The number of hydrogen-bond donors (Lipinski definition) is 1. The first-order valence-corrected chi connectivity index (χ1v) is 5.34. The van der Waals surface area contributed by atoms with E-state index in [1.165, 1.54) is 23.8 Å². The lowest BCUT2D eigenvalue weighted by Gasteiger charge is -2.02. The maximum absolute atomic E-state index is 13.0. The minimum absolute atomic E-state index is 0. The highest BCUT2D eigenvalue weighted by Gasteiger charge is 2.09. The van der Waals surface area contributed by atoms with Crippen LogP contribution < -0.4 is 4.80 Å². The number of carbonyl (C=O) groups excluding carboxylic acids is 1. The van der Waals surface area contributed by atoms with Crippen LogP contribution in [-0.2, 0) is 16.1 Å². The number of ether oxygens (including phenoxy) is 1. The number of methoxy groups -OCH3 is 1. The molecule has 0 saturated heterocycles. The first kappa shape index (κ1) is 13.9. The van der Waals surface area contributed by atoms with E-state index in [4.69, 9.17) is 5.41 Å². The van der Waals surface area contributed by atoms with Gasteiger partial charge in [0.1, 0.15) is 12.4 Å². The van der Waals surface area contributed by atoms with Gasteiger partial charge in [0.15, 0.2) is 4.80 Å². The van der Waals surface area contributed by atoms with Crippen molar-refractivity contribution in [2.75, 3.05) is 7.11 Å². The molecular weight excluding hydrogens is 311 g/mol. The third kappa shape index (κ3) is 2.73. The summed E-state index contributed by atoms with van der Waals surface area (Å²) in [5.74, 6) is -0.776. The largest absolute Gasteiger partial charge is 0.468 e. The molecule has 0 aliphatic rings. The van der Waals surface area contributed by atoms with Crippen LogP contribution in [0.5, 0.6) is 0 Å². The van der Waals surface area contributed by atoms with Crippen LogP contribution in [0.1, 0.15) is 0 Å². The summed E-state index contributed by atoms with van der Waals surface area (Å²) < 4.78 is 19.6. The number of thiazole rings is 1. The predicted octanol–water partition coefficient (Wildman–Crippen LogP) is 2.07. The smallest absolute Gasteiger partial charge is 0.325 e. The molecule has 0 atom stereocenters. The molecule has 0 amide bonds. The van der Waals surface area contributed by atoms with Crippen LogP contribution in [0, 0.1) is 11.2 Å². The molecule has 4 nitrogen and oxygen atoms in total. The minimum Gasteiger partial charge on any atom is -0.468 e. The van der Waals surface area contributed by atoms with Crippen molar-refractivity contribution >= 4 is 44.5 Å². The first-order chi connectivity index (χ1) is 7.61. The fourth-order valence-corrected chi connectivity index (χ4v) is 2.35. The maximum Gasteiger partial charge on any atom is 0.325 e. The Morgan fingerprint density at radius 3 is 2.94 bits per heavy atom. The van der Waals surface area contributed by atoms with Gasteiger partial charge in [-0.15, -0.1) is 17.0 Å². The van der Waals surface area contributed by atoms with Crippen molar-refractivity contribution in [2.45, 2.75) is 6.54 Å². The Morgan fingerprint density at radius 1 is 1.59 bits per heavy atom. The van der Waals surface area contributed by atoms with Gasteiger partial charge in [-0.3, -0.25) is 10.2 Å². The van der Waals surface area contributed by atoms with Gasteiger partial charge in [0.25, 0.3) is 0 Å². The third-order valence-electron chi connectivity index (χ3n) is 2.18. The summed E-state index contributed by atoms with van der Waals surface area (Å²) in [5, 5.41) is 7.69. The van der Waals surface area contributed by atoms with Gasteiger partial charge in [-0.25, -0.2) is 4.39 Å². The van der Waals surface area contributed by atoms with Crippen molar-refractivity contribution < 1.29 is 13.9 Å². The van der Waals surface area contributed by atoms with E-state index in [1.54, 1.807) is 6.07 Å². The Balaban J connectivity index is 0.00000144. The van der Waals surface area contributed by atoms with E-state index in [9.17, 15) is 9.18 Å². The lowest BCUT2D eigenvalue weighted by molar-refractivity contribution is -0.141. The number of aromatic nitrogens is 1. The molecule has 1 N–H and O–H groups in total. The highest BCUT2D eigenvalue weighted by Crippen LogP contribution is 2.18.